The average molecular weight is 330 g/mol. The van der Waals surface area contributed by atoms with Crippen molar-refractivity contribution in [3.8, 4) is 10.6 Å². The first-order valence-electron chi connectivity index (χ1n) is 7.21. The van der Waals surface area contributed by atoms with Crippen LogP contribution in [0.25, 0.3) is 10.6 Å². The van der Waals surface area contributed by atoms with E-state index in [1.165, 1.54) is 5.56 Å². The second-order valence-electron chi connectivity index (χ2n) is 5.13. The maximum Gasteiger partial charge on any atom is 0.124 e. The molecule has 0 radical (unpaired) electrons. The molecule has 0 aliphatic carbocycles. The van der Waals surface area contributed by atoms with E-state index in [9.17, 15) is 5.11 Å². The van der Waals surface area contributed by atoms with Crippen molar-refractivity contribution < 1.29 is 5.11 Å². The van der Waals surface area contributed by atoms with Gasteiger partial charge < -0.3 is 10.4 Å². The van der Waals surface area contributed by atoms with Gasteiger partial charge in [0.15, 0.2) is 0 Å². The van der Waals surface area contributed by atoms with E-state index in [1.807, 2.05) is 30.3 Å². The predicted molar refractivity (Wildman–Crippen MR) is 93.3 cm³/mol. The zero-order valence-electron chi connectivity index (χ0n) is 12.1. The van der Waals surface area contributed by atoms with E-state index < -0.39 is 0 Å². The molecule has 1 aromatic carbocycles. The van der Waals surface area contributed by atoms with Gasteiger partial charge in [0.25, 0.3) is 0 Å². The molecule has 0 bridgehead atoms. The van der Waals surface area contributed by atoms with Gasteiger partial charge in [-0.25, -0.2) is 4.98 Å². The molecule has 114 valence electrons. The summed E-state index contributed by atoms with van der Waals surface area (Å²) in [5, 5.41) is 20.6. The van der Waals surface area contributed by atoms with Crippen LogP contribution in [-0.2, 0) is 13.0 Å². The molecule has 5 heteroatoms. The molecule has 2 N–H and O–H groups in total. The molecule has 0 aliphatic heterocycles. The number of aliphatic hydroxyl groups excluding tert-OH is 1. The minimum absolute atomic E-state index is 0.377. The third kappa shape index (κ3) is 4.24. The van der Waals surface area contributed by atoms with Crippen LogP contribution in [0.2, 0.25) is 0 Å². The molecule has 2 heterocycles. The third-order valence-corrected chi connectivity index (χ3v) is 4.94. The number of aliphatic hydroxyl groups is 1. The van der Waals surface area contributed by atoms with Gasteiger partial charge in [0.05, 0.1) is 11.8 Å². The molecule has 0 saturated carbocycles. The van der Waals surface area contributed by atoms with E-state index in [0.717, 1.165) is 16.3 Å². The zero-order chi connectivity index (χ0) is 15.2. The summed E-state index contributed by atoms with van der Waals surface area (Å²) in [7, 11) is 0. The standard InChI is InChI=1S/C17H18N2OS2/c20-16(8-13-4-2-1-3-5-13)10-18-9-15-12-22-17(19-15)14-6-7-21-11-14/h1-7,11-12,16,18,20H,8-10H2. The highest BCUT2D eigenvalue weighted by Gasteiger charge is 2.07. The lowest BCUT2D eigenvalue weighted by molar-refractivity contribution is 0.171. The van der Waals surface area contributed by atoms with Gasteiger partial charge in [-0.05, 0) is 23.4 Å². The summed E-state index contributed by atoms with van der Waals surface area (Å²) >= 11 is 3.35. The summed E-state index contributed by atoms with van der Waals surface area (Å²) in [6.07, 6.45) is 0.294. The van der Waals surface area contributed by atoms with Crippen LogP contribution >= 0.6 is 22.7 Å². The van der Waals surface area contributed by atoms with E-state index in [1.54, 1.807) is 22.7 Å². The quantitative estimate of drug-likeness (QED) is 0.696. The second kappa shape index (κ2) is 7.65. The Morgan fingerprint density at radius 3 is 2.77 bits per heavy atom. The lowest BCUT2D eigenvalue weighted by atomic mass is 10.1. The van der Waals surface area contributed by atoms with Crippen molar-refractivity contribution in [2.45, 2.75) is 19.1 Å². The molecule has 3 rings (SSSR count). The third-order valence-electron chi connectivity index (χ3n) is 3.32. The SMILES string of the molecule is OC(CNCc1csc(-c2ccsc2)n1)Cc1ccccc1. The highest BCUT2D eigenvalue weighted by molar-refractivity contribution is 7.14. The van der Waals surface area contributed by atoms with Gasteiger partial charge in [-0.2, -0.15) is 11.3 Å². The molecular weight excluding hydrogens is 312 g/mol. The molecule has 22 heavy (non-hydrogen) atoms. The van der Waals surface area contributed by atoms with E-state index in [0.29, 0.717) is 19.5 Å². The van der Waals surface area contributed by atoms with Crippen LogP contribution in [0.1, 0.15) is 11.3 Å². The van der Waals surface area contributed by atoms with Gasteiger partial charge in [-0.15, -0.1) is 11.3 Å². The lowest BCUT2D eigenvalue weighted by Gasteiger charge is -2.11. The van der Waals surface area contributed by atoms with Crippen LogP contribution in [0.4, 0.5) is 0 Å². The molecule has 0 saturated heterocycles. The zero-order valence-corrected chi connectivity index (χ0v) is 13.7. The summed E-state index contributed by atoms with van der Waals surface area (Å²) in [4.78, 5) is 4.61. The molecular formula is C17H18N2OS2. The second-order valence-corrected chi connectivity index (χ2v) is 6.77. The molecule has 3 nitrogen and oxygen atoms in total. The van der Waals surface area contributed by atoms with Gasteiger partial charge in [0.1, 0.15) is 5.01 Å². The van der Waals surface area contributed by atoms with Crippen molar-refractivity contribution >= 4 is 22.7 Å². The van der Waals surface area contributed by atoms with E-state index in [-0.39, 0.29) is 6.10 Å². The Balaban J connectivity index is 1.45. The Labute approximate surface area is 138 Å². The van der Waals surface area contributed by atoms with Crippen LogP contribution in [0.5, 0.6) is 0 Å². The highest BCUT2D eigenvalue weighted by atomic mass is 32.1. The number of nitrogens with one attached hydrogen (secondary N) is 1. The Morgan fingerprint density at radius 1 is 1.14 bits per heavy atom. The normalized spacial score (nSPS) is 12.4. The van der Waals surface area contributed by atoms with Crippen molar-refractivity contribution in [3.63, 3.8) is 0 Å². The van der Waals surface area contributed by atoms with E-state index >= 15 is 0 Å². The first-order valence-corrected chi connectivity index (χ1v) is 9.03. The maximum atomic E-state index is 10.1. The van der Waals surface area contributed by atoms with Crippen molar-refractivity contribution in [1.82, 2.24) is 10.3 Å². The molecule has 1 atom stereocenters. The number of benzene rings is 1. The van der Waals surface area contributed by atoms with Crippen molar-refractivity contribution in [1.29, 1.82) is 0 Å². The van der Waals surface area contributed by atoms with Crippen LogP contribution in [0, 0.1) is 0 Å². The smallest absolute Gasteiger partial charge is 0.124 e. The van der Waals surface area contributed by atoms with Gasteiger partial charge in [0.2, 0.25) is 0 Å². The van der Waals surface area contributed by atoms with Gasteiger partial charge in [-0.1, -0.05) is 30.3 Å². The minimum atomic E-state index is -0.377. The fourth-order valence-electron chi connectivity index (χ4n) is 2.23. The van der Waals surface area contributed by atoms with Crippen LogP contribution in [-0.4, -0.2) is 22.7 Å². The first kappa shape index (κ1) is 15.4. The Hall–Kier alpha value is -1.53. The Bertz CT molecular complexity index is 680. The van der Waals surface area contributed by atoms with Crippen molar-refractivity contribution in [2.75, 3.05) is 6.54 Å². The van der Waals surface area contributed by atoms with Crippen LogP contribution in [0.3, 0.4) is 0 Å². The summed E-state index contributed by atoms with van der Waals surface area (Å²) in [6.45, 7) is 1.26. The number of thiophene rings is 1. The molecule has 0 spiro atoms. The lowest BCUT2D eigenvalue weighted by Crippen LogP contribution is -2.28. The minimum Gasteiger partial charge on any atom is -0.391 e. The van der Waals surface area contributed by atoms with E-state index in [4.69, 9.17) is 0 Å². The maximum absolute atomic E-state index is 10.1. The predicted octanol–water partition coefficient (Wildman–Crippen LogP) is 3.56. The molecule has 0 amide bonds. The fourth-order valence-corrected chi connectivity index (χ4v) is 3.76. The Morgan fingerprint density at radius 2 is 2.00 bits per heavy atom. The summed E-state index contributed by atoms with van der Waals surface area (Å²) in [5.41, 5.74) is 3.37. The number of aromatic nitrogens is 1. The summed E-state index contributed by atoms with van der Waals surface area (Å²) < 4.78 is 0. The van der Waals surface area contributed by atoms with Gasteiger partial charge >= 0.3 is 0 Å². The van der Waals surface area contributed by atoms with E-state index in [2.05, 4.69) is 32.5 Å². The number of nitrogens with zero attached hydrogens (tertiary/aromatic N) is 1. The molecule has 1 unspecified atom stereocenters. The number of rotatable bonds is 7. The molecule has 2 aromatic heterocycles. The first-order chi connectivity index (χ1) is 10.8. The number of hydrogen-bond donors (Lipinski definition) is 2. The van der Waals surface area contributed by atoms with Crippen molar-refractivity contribution in [2.24, 2.45) is 0 Å². The summed E-state index contributed by atoms with van der Waals surface area (Å²) in [6, 6.07) is 12.1. The largest absolute Gasteiger partial charge is 0.391 e. The van der Waals surface area contributed by atoms with Crippen LogP contribution < -0.4 is 5.32 Å². The molecule has 3 aromatic rings. The Kier molecular flexibility index (Phi) is 5.34. The number of hydrogen-bond acceptors (Lipinski definition) is 5. The number of thiazole rings is 1. The van der Waals surface area contributed by atoms with Gasteiger partial charge in [0, 0.05) is 29.4 Å². The average Bonchev–Trinajstić information content (AvgIpc) is 3.19. The van der Waals surface area contributed by atoms with Crippen molar-refractivity contribution in [3.05, 3.63) is 63.8 Å². The topological polar surface area (TPSA) is 45.1 Å². The van der Waals surface area contributed by atoms with Gasteiger partial charge in [-0.3, -0.25) is 0 Å². The summed E-state index contributed by atoms with van der Waals surface area (Å²) in [5.74, 6) is 0. The molecule has 0 aliphatic rings. The highest BCUT2D eigenvalue weighted by Crippen LogP contribution is 2.25. The van der Waals surface area contributed by atoms with Crippen LogP contribution in [0.15, 0.2) is 52.5 Å². The molecule has 0 fully saturated rings. The fraction of sp³-hybridized carbons (Fsp3) is 0.235. The monoisotopic (exact) mass is 330 g/mol.